The molecule has 0 unspecified atom stereocenters. The van der Waals surface area contributed by atoms with Gasteiger partial charge >= 0.3 is 0 Å². The number of benzene rings is 2. The zero-order valence-corrected chi connectivity index (χ0v) is 18.0. The average molecular weight is 454 g/mol. The van der Waals surface area contributed by atoms with Gasteiger partial charge in [0.25, 0.3) is 5.56 Å². The number of rotatable bonds is 2. The second-order valence-electron chi connectivity index (χ2n) is 7.33. The molecular weight excluding hydrogens is 434 g/mol. The number of pyridine rings is 1. The molecule has 6 heteroatoms. The molecule has 5 rings (SSSR count). The lowest BCUT2D eigenvalue weighted by Gasteiger charge is -2.34. The van der Waals surface area contributed by atoms with Crippen LogP contribution >= 0.6 is 27.3 Å². The number of thiazole rings is 1. The zero-order chi connectivity index (χ0) is 19.3. The molecule has 0 spiro atoms. The van der Waals surface area contributed by atoms with E-state index in [1.54, 1.807) is 4.57 Å². The molecule has 0 saturated carbocycles. The summed E-state index contributed by atoms with van der Waals surface area (Å²) in [5, 5.41) is 2.36. The third-order valence-corrected chi connectivity index (χ3v) is 7.61. The fraction of sp³-hybridized carbons (Fsp3) is 0.273. The first kappa shape index (κ1) is 17.9. The maximum Gasteiger partial charge on any atom is 0.267 e. The number of anilines is 1. The van der Waals surface area contributed by atoms with E-state index in [9.17, 15) is 4.79 Å². The molecule has 4 aromatic rings. The average Bonchev–Trinajstić information content (AvgIpc) is 3.17. The van der Waals surface area contributed by atoms with Crippen LogP contribution in [0.4, 0.5) is 5.69 Å². The summed E-state index contributed by atoms with van der Waals surface area (Å²) in [6, 6.07) is 16.5. The van der Waals surface area contributed by atoms with Gasteiger partial charge in [-0.15, -0.1) is 11.3 Å². The Morgan fingerprint density at radius 1 is 1.07 bits per heavy atom. The summed E-state index contributed by atoms with van der Waals surface area (Å²) in [6.45, 7) is 1.85. The van der Waals surface area contributed by atoms with Crippen LogP contribution in [-0.2, 0) is 7.05 Å². The molecule has 2 aromatic heterocycles. The fourth-order valence-corrected chi connectivity index (χ4v) is 6.03. The lowest BCUT2D eigenvalue weighted by Crippen LogP contribution is -2.35. The van der Waals surface area contributed by atoms with Crippen LogP contribution in [-0.4, -0.2) is 22.6 Å². The van der Waals surface area contributed by atoms with E-state index in [0.29, 0.717) is 10.4 Å². The Labute approximate surface area is 175 Å². The van der Waals surface area contributed by atoms with Crippen molar-refractivity contribution in [3.63, 3.8) is 0 Å². The van der Waals surface area contributed by atoms with Crippen molar-refractivity contribution in [2.45, 2.75) is 18.8 Å². The van der Waals surface area contributed by atoms with Crippen molar-refractivity contribution in [2.24, 2.45) is 7.05 Å². The highest BCUT2D eigenvalue weighted by Crippen LogP contribution is 2.38. The number of aromatic nitrogens is 2. The third kappa shape index (κ3) is 2.86. The molecule has 1 fully saturated rings. The quantitative estimate of drug-likeness (QED) is 0.413. The number of para-hydroxylation sites is 2. The summed E-state index contributed by atoms with van der Waals surface area (Å²) in [4.78, 5) is 19.9. The Balaban J connectivity index is 1.47. The van der Waals surface area contributed by atoms with Gasteiger partial charge in [0, 0.05) is 31.4 Å². The third-order valence-electron chi connectivity index (χ3n) is 5.69. The smallest absolute Gasteiger partial charge is 0.267 e. The van der Waals surface area contributed by atoms with Crippen molar-refractivity contribution in [3.8, 4) is 0 Å². The number of aryl methyl sites for hydroxylation is 1. The molecule has 0 aliphatic carbocycles. The molecule has 1 saturated heterocycles. The summed E-state index contributed by atoms with van der Waals surface area (Å²) >= 11 is 5.40. The molecule has 142 valence electrons. The summed E-state index contributed by atoms with van der Waals surface area (Å²) in [6.07, 6.45) is 2.10. The van der Waals surface area contributed by atoms with E-state index in [2.05, 4.69) is 45.1 Å². The van der Waals surface area contributed by atoms with Gasteiger partial charge in [-0.25, -0.2) is 4.98 Å². The highest BCUT2D eigenvalue weighted by atomic mass is 79.9. The van der Waals surface area contributed by atoms with E-state index in [-0.39, 0.29) is 5.56 Å². The molecule has 0 radical (unpaired) electrons. The monoisotopic (exact) mass is 453 g/mol. The van der Waals surface area contributed by atoms with E-state index in [1.165, 1.54) is 9.71 Å². The van der Waals surface area contributed by atoms with Gasteiger partial charge in [0.15, 0.2) is 0 Å². The van der Waals surface area contributed by atoms with Gasteiger partial charge in [-0.3, -0.25) is 4.79 Å². The molecule has 0 bridgehead atoms. The second-order valence-corrected chi connectivity index (χ2v) is 9.18. The van der Waals surface area contributed by atoms with E-state index in [0.717, 1.165) is 48.0 Å². The standard InChI is InChI=1S/C22H20BrN3OS/c1-25-17-8-4-2-6-15(17)20(19(23)22(25)27)26-12-10-14(11-13-26)21-24-16-7-3-5-9-18(16)28-21/h2-9,14H,10-13H2,1H3. The number of piperidine rings is 1. The van der Waals surface area contributed by atoms with E-state index < -0.39 is 0 Å². The van der Waals surface area contributed by atoms with Crippen molar-refractivity contribution in [1.82, 2.24) is 9.55 Å². The van der Waals surface area contributed by atoms with Gasteiger partial charge in [0.1, 0.15) is 4.47 Å². The number of halogens is 1. The molecule has 28 heavy (non-hydrogen) atoms. The lowest BCUT2D eigenvalue weighted by molar-refractivity contribution is 0.504. The Hall–Kier alpha value is -2.18. The topological polar surface area (TPSA) is 38.1 Å². The molecule has 1 aliphatic rings. The van der Waals surface area contributed by atoms with E-state index >= 15 is 0 Å². The first-order chi connectivity index (χ1) is 13.6. The molecule has 0 atom stereocenters. The highest BCUT2D eigenvalue weighted by Gasteiger charge is 2.26. The van der Waals surface area contributed by atoms with Crippen molar-refractivity contribution in [3.05, 3.63) is 68.4 Å². The largest absolute Gasteiger partial charge is 0.370 e. The fourth-order valence-electron chi connectivity index (χ4n) is 4.17. The molecule has 4 nitrogen and oxygen atoms in total. The number of hydrogen-bond donors (Lipinski definition) is 0. The molecule has 2 aromatic carbocycles. The number of hydrogen-bond acceptors (Lipinski definition) is 4. The van der Waals surface area contributed by atoms with Crippen LogP contribution < -0.4 is 10.5 Å². The first-order valence-corrected chi connectivity index (χ1v) is 11.1. The Morgan fingerprint density at radius 3 is 2.57 bits per heavy atom. The van der Waals surface area contributed by atoms with Crippen molar-refractivity contribution < 1.29 is 0 Å². The van der Waals surface area contributed by atoms with Crippen LogP contribution in [0.15, 0.2) is 57.8 Å². The normalized spacial score (nSPS) is 15.6. The summed E-state index contributed by atoms with van der Waals surface area (Å²) in [5.74, 6) is 0.491. The minimum atomic E-state index is 0.0157. The van der Waals surface area contributed by atoms with Crippen LogP contribution in [0.1, 0.15) is 23.8 Å². The Kier molecular flexibility index (Phi) is 4.48. The van der Waals surface area contributed by atoms with Crippen LogP contribution in [0.3, 0.4) is 0 Å². The molecular formula is C22H20BrN3OS. The number of fused-ring (bicyclic) bond motifs is 2. The van der Waals surface area contributed by atoms with Crippen molar-refractivity contribution in [1.29, 1.82) is 0 Å². The first-order valence-electron chi connectivity index (χ1n) is 9.51. The molecule has 3 heterocycles. The summed E-state index contributed by atoms with van der Waals surface area (Å²) < 4.78 is 3.64. The van der Waals surface area contributed by atoms with Crippen molar-refractivity contribution in [2.75, 3.05) is 18.0 Å². The van der Waals surface area contributed by atoms with E-state index in [4.69, 9.17) is 4.98 Å². The SMILES string of the molecule is Cn1c(=O)c(Br)c(N2CCC(c3nc4ccccc4s3)CC2)c2ccccc21. The predicted molar refractivity (Wildman–Crippen MR) is 121 cm³/mol. The van der Waals surface area contributed by atoms with Crippen molar-refractivity contribution >= 4 is 54.1 Å². The van der Waals surface area contributed by atoms with Crippen LogP contribution in [0, 0.1) is 0 Å². The van der Waals surface area contributed by atoms with Crippen LogP contribution in [0.5, 0.6) is 0 Å². The maximum atomic E-state index is 12.7. The zero-order valence-electron chi connectivity index (χ0n) is 15.6. The lowest BCUT2D eigenvalue weighted by atomic mass is 9.96. The van der Waals surface area contributed by atoms with Gasteiger partial charge in [0.05, 0.1) is 26.4 Å². The van der Waals surface area contributed by atoms with E-state index in [1.807, 2.05) is 42.6 Å². The van der Waals surface area contributed by atoms with Crippen LogP contribution in [0.2, 0.25) is 0 Å². The van der Waals surface area contributed by atoms with Crippen LogP contribution in [0.25, 0.3) is 21.1 Å². The minimum absolute atomic E-state index is 0.0157. The Morgan fingerprint density at radius 2 is 1.79 bits per heavy atom. The molecule has 0 amide bonds. The minimum Gasteiger partial charge on any atom is -0.370 e. The Bertz CT molecular complexity index is 1200. The molecule has 0 N–H and O–H groups in total. The maximum absolute atomic E-state index is 12.7. The summed E-state index contributed by atoms with van der Waals surface area (Å²) in [5.41, 5.74) is 3.12. The highest BCUT2D eigenvalue weighted by molar-refractivity contribution is 9.10. The van der Waals surface area contributed by atoms with Gasteiger partial charge < -0.3 is 9.47 Å². The summed E-state index contributed by atoms with van der Waals surface area (Å²) in [7, 11) is 1.83. The predicted octanol–water partition coefficient (Wildman–Crippen LogP) is 5.29. The van der Waals surface area contributed by atoms with Gasteiger partial charge in [0.2, 0.25) is 0 Å². The van der Waals surface area contributed by atoms with Gasteiger partial charge in [-0.05, 0) is 47.0 Å². The second kappa shape index (κ2) is 7.01. The van der Waals surface area contributed by atoms with Gasteiger partial charge in [-0.2, -0.15) is 0 Å². The molecule has 1 aliphatic heterocycles. The van der Waals surface area contributed by atoms with Gasteiger partial charge in [-0.1, -0.05) is 30.3 Å². The number of nitrogens with zero attached hydrogens (tertiary/aromatic N) is 3.